The van der Waals surface area contributed by atoms with Gasteiger partial charge in [0.15, 0.2) is 0 Å². The Morgan fingerprint density at radius 1 is 0.880 bits per heavy atom. The SMILES string of the molecule is Cc1ccc(CNCc2ccc(C#Cc3ccc(C=O)cc3)cc2)o1. The van der Waals surface area contributed by atoms with Crippen molar-refractivity contribution < 1.29 is 9.21 Å². The van der Waals surface area contributed by atoms with Crippen LogP contribution in [-0.2, 0) is 13.1 Å². The predicted octanol–water partition coefficient (Wildman–Crippen LogP) is 4.09. The molecule has 3 aromatic rings. The molecule has 0 unspecified atom stereocenters. The number of furan rings is 1. The van der Waals surface area contributed by atoms with E-state index in [0.29, 0.717) is 12.1 Å². The average Bonchev–Trinajstić information content (AvgIpc) is 3.07. The van der Waals surface area contributed by atoms with Crippen molar-refractivity contribution in [2.45, 2.75) is 20.0 Å². The van der Waals surface area contributed by atoms with Gasteiger partial charge in [-0.15, -0.1) is 0 Å². The first-order valence-electron chi connectivity index (χ1n) is 8.15. The molecule has 0 bridgehead atoms. The molecule has 2 aromatic carbocycles. The van der Waals surface area contributed by atoms with Crippen molar-refractivity contribution in [3.63, 3.8) is 0 Å². The van der Waals surface area contributed by atoms with Gasteiger partial charge in [-0.2, -0.15) is 0 Å². The minimum absolute atomic E-state index is 0.659. The van der Waals surface area contributed by atoms with Crippen molar-refractivity contribution in [2.24, 2.45) is 0 Å². The van der Waals surface area contributed by atoms with Crippen LogP contribution in [0.2, 0.25) is 0 Å². The van der Waals surface area contributed by atoms with E-state index in [4.69, 9.17) is 4.42 Å². The summed E-state index contributed by atoms with van der Waals surface area (Å²) < 4.78 is 5.53. The zero-order valence-corrected chi connectivity index (χ0v) is 14.1. The highest BCUT2D eigenvalue weighted by Crippen LogP contribution is 2.08. The van der Waals surface area contributed by atoms with Gasteiger partial charge in [-0.1, -0.05) is 36.1 Å². The standard InChI is InChI=1S/C22H19NO2/c1-17-2-13-22(25-17)15-23-14-20-9-5-18(6-10-20)3-4-19-7-11-21(16-24)12-8-19/h2,5-13,16,23H,14-15H2,1H3. The fraction of sp³-hybridized carbons (Fsp3) is 0.136. The van der Waals surface area contributed by atoms with Gasteiger partial charge in [0.05, 0.1) is 6.54 Å². The first-order valence-corrected chi connectivity index (χ1v) is 8.15. The monoisotopic (exact) mass is 329 g/mol. The van der Waals surface area contributed by atoms with Crippen molar-refractivity contribution in [2.75, 3.05) is 0 Å². The van der Waals surface area contributed by atoms with Gasteiger partial charge in [0.25, 0.3) is 0 Å². The fourth-order valence-corrected chi connectivity index (χ4v) is 2.41. The number of carbonyl (C=O) groups is 1. The molecule has 0 atom stereocenters. The van der Waals surface area contributed by atoms with E-state index < -0.39 is 0 Å². The maximum Gasteiger partial charge on any atom is 0.150 e. The molecule has 1 N–H and O–H groups in total. The maximum absolute atomic E-state index is 10.6. The molecular weight excluding hydrogens is 310 g/mol. The molecule has 0 fully saturated rings. The second kappa shape index (κ2) is 8.14. The zero-order chi connectivity index (χ0) is 17.5. The summed E-state index contributed by atoms with van der Waals surface area (Å²) in [7, 11) is 0. The van der Waals surface area contributed by atoms with E-state index >= 15 is 0 Å². The molecule has 1 heterocycles. The lowest BCUT2D eigenvalue weighted by Gasteiger charge is -2.03. The first-order chi connectivity index (χ1) is 12.2. The van der Waals surface area contributed by atoms with Crippen LogP contribution in [0.3, 0.4) is 0 Å². The van der Waals surface area contributed by atoms with Gasteiger partial charge in [0.2, 0.25) is 0 Å². The molecule has 124 valence electrons. The lowest BCUT2D eigenvalue weighted by molar-refractivity contribution is 0.112. The Morgan fingerprint density at radius 2 is 1.52 bits per heavy atom. The van der Waals surface area contributed by atoms with E-state index in [0.717, 1.165) is 35.5 Å². The summed E-state index contributed by atoms with van der Waals surface area (Å²) >= 11 is 0. The largest absolute Gasteiger partial charge is 0.465 e. The van der Waals surface area contributed by atoms with Crippen LogP contribution >= 0.6 is 0 Å². The molecule has 3 nitrogen and oxygen atoms in total. The molecule has 0 saturated heterocycles. The van der Waals surface area contributed by atoms with Gasteiger partial charge in [0, 0.05) is 23.2 Å². The van der Waals surface area contributed by atoms with Crippen LogP contribution in [0.4, 0.5) is 0 Å². The van der Waals surface area contributed by atoms with Crippen molar-refractivity contribution >= 4 is 6.29 Å². The van der Waals surface area contributed by atoms with Crippen LogP contribution in [-0.4, -0.2) is 6.29 Å². The number of carbonyl (C=O) groups excluding carboxylic acids is 1. The molecule has 3 rings (SSSR count). The van der Waals surface area contributed by atoms with Crippen molar-refractivity contribution in [3.8, 4) is 11.8 Å². The Balaban J connectivity index is 1.54. The molecule has 0 radical (unpaired) electrons. The van der Waals surface area contributed by atoms with E-state index in [1.807, 2.05) is 43.3 Å². The highest BCUT2D eigenvalue weighted by atomic mass is 16.3. The summed E-state index contributed by atoms with van der Waals surface area (Å²) in [6.07, 6.45) is 0.830. The number of hydrogen-bond donors (Lipinski definition) is 1. The maximum atomic E-state index is 10.6. The molecule has 3 heteroatoms. The Bertz CT molecular complexity index is 894. The molecule has 0 amide bonds. The smallest absolute Gasteiger partial charge is 0.150 e. The summed E-state index contributed by atoms with van der Waals surface area (Å²) in [5.41, 5.74) is 3.71. The highest BCUT2D eigenvalue weighted by Gasteiger charge is 1.98. The van der Waals surface area contributed by atoms with Crippen molar-refractivity contribution in [1.29, 1.82) is 0 Å². The number of benzene rings is 2. The van der Waals surface area contributed by atoms with E-state index in [9.17, 15) is 4.79 Å². The van der Waals surface area contributed by atoms with Crippen molar-refractivity contribution in [3.05, 3.63) is 94.4 Å². The Morgan fingerprint density at radius 3 is 2.08 bits per heavy atom. The lowest BCUT2D eigenvalue weighted by atomic mass is 10.1. The predicted molar refractivity (Wildman–Crippen MR) is 98.2 cm³/mol. The van der Waals surface area contributed by atoms with Crippen LogP contribution in [0.1, 0.15) is 38.6 Å². The van der Waals surface area contributed by atoms with Crippen molar-refractivity contribution in [1.82, 2.24) is 5.32 Å². The summed E-state index contributed by atoms with van der Waals surface area (Å²) in [6, 6.07) is 19.4. The van der Waals surface area contributed by atoms with E-state index in [2.05, 4.69) is 29.3 Å². The molecule has 0 aliphatic heterocycles. The lowest BCUT2D eigenvalue weighted by Crippen LogP contribution is -2.11. The van der Waals surface area contributed by atoms with Crippen LogP contribution < -0.4 is 5.32 Å². The van der Waals surface area contributed by atoms with Gasteiger partial charge in [-0.05, 0) is 48.9 Å². The summed E-state index contributed by atoms with van der Waals surface area (Å²) in [6.45, 7) is 3.44. The first kappa shape index (κ1) is 16.8. The zero-order valence-electron chi connectivity index (χ0n) is 14.1. The molecule has 0 aliphatic carbocycles. The van der Waals surface area contributed by atoms with Crippen LogP contribution in [0.15, 0.2) is 65.1 Å². The van der Waals surface area contributed by atoms with E-state index in [1.54, 1.807) is 12.1 Å². The third kappa shape index (κ3) is 4.94. The van der Waals surface area contributed by atoms with Crippen LogP contribution in [0, 0.1) is 18.8 Å². The van der Waals surface area contributed by atoms with Crippen LogP contribution in [0.25, 0.3) is 0 Å². The third-order valence-corrected chi connectivity index (χ3v) is 3.78. The molecular formula is C22H19NO2. The summed E-state index contributed by atoms with van der Waals surface area (Å²) in [4.78, 5) is 10.6. The third-order valence-electron chi connectivity index (χ3n) is 3.78. The second-order valence-electron chi connectivity index (χ2n) is 5.80. The Kier molecular flexibility index (Phi) is 5.46. The van der Waals surface area contributed by atoms with Gasteiger partial charge in [0.1, 0.15) is 17.8 Å². The Hall–Kier alpha value is -3.09. The Labute approximate surface area is 147 Å². The van der Waals surface area contributed by atoms with Gasteiger partial charge >= 0.3 is 0 Å². The summed E-state index contributed by atoms with van der Waals surface area (Å²) in [5, 5.41) is 3.36. The number of aryl methyl sites for hydroxylation is 1. The number of hydrogen-bond acceptors (Lipinski definition) is 3. The molecule has 0 spiro atoms. The molecule has 0 aliphatic rings. The topological polar surface area (TPSA) is 42.2 Å². The number of aldehydes is 1. The van der Waals surface area contributed by atoms with Gasteiger partial charge < -0.3 is 9.73 Å². The van der Waals surface area contributed by atoms with Gasteiger partial charge in [-0.25, -0.2) is 0 Å². The van der Waals surface area contributed by atoms with E-state index in [1.165, 1.54) is 5.56 Å². The molecule has 0 saturated carbocycles. The molecule has 25 heavy (non-hydrogen) atoms. The average molecular weight is 329 g/mol. The van der Waals surface area contributed by atoms with Gasteiger partial charge in [-0.3, -0.25) is 4.79 Å². The summed E-state index contributed by atoms with van der Waals surface area (Å²) in [5.74, 6) is 8.12. The molecule has 1 aromatic heterocycles. The van der Waals surface area contributed by atoms with Crippen LogP contribution in [0.5, 0.6) is 0 Å². The normalized spacial score (nSPS) is 10.1. The minimum atomic E-state index is 0.659. The number of nitrogens with one attached hydrogen (secondary N) is 1. The quantitative estimate of drug-likeness (QED) is 0.566. The second-order valence-corrected chi connectivity index (χ2v) is 5.80. The minimum Gasteiger partial charge on any atom is -0.465 e. The fourth-order valence-electron chi connectivity index (χ4n) is 2.41. The highest BCUT2D eigenvalue weighted by molar-refractivity contribution is 5.74. The number of rotatable bonds is 5. The van der Waals surface area contributed by atoms with E-state index in [-0.39, 0.29) is 0 Å².